The number of hydrogen-bond donors (Lipinski definition) is 0. The maximum Gasteiger partial charge on any atom is 1.00 e. The van der Waals surface area contributed by atoms with Gasteiger partial charge in [-0.3, -0.25) is 0 Å². The fraction of sp³-hybridized carbons (Fsp3) is 0.833. The van der Waals surface area contributed by atoms with E-state index in [2.05, 4.69) is 0 Å². The van der Waals surface area contributed by atoms with Crippen molar-refractivity contribution in [3.05, 3.63) is 0 Å². The van der Waals surface area contributed by atoms with Crippen LogP contribution in [-0.2, 0) is 19.8 Å². The molecule has 0 saturated carbocycles. The summed E-state index contributed by atoms with van der Waals surface area (Å²) in [5, 5.41) is 2.78. The van der Waals surface area contributed by atoms with E-state index >= 15 is 0 Å². The molecule has 0 unspecified atom stereocenters. The molecule has 0 aromatic heterocycles. The predicted molar refractivity (Wildman–Crippen MR) is 40.5 cm³/mol. The van der Waals surface area contributed by atoms with Gasteiger partial charge >= 0.3 is 63.2 Å². The van der Waals surface area contributed by atoms with Gasteiger partial charge in [0.2, 0.25) is 0 Å². The molecule has 22 heavy (non-hydrogen) atoms. The van der Waals surface area contributed by atoms with E-state index < -0.39 is 46.0 Å². The fourth-order valence-corrected chi connectivity index (χ4v) is 1.05. The Balaban J connectivity index is 0. The van der Waals surface area contributed by atoms with E-state index in [-0.39, 0.29) is 29.6 Å². The van der Waals surface area contributed by atoms with Gasteiger partial charge in [0, 0.05) is 5.97 Å². The number of rotatable bonds is 7. The van der Waals surface area contributed by atoms with E-state index in [0.717, 1.165) is 0 Å². The molecule has 0 aliphatic heterocycles. The van der Waals surface area contributed by atoms with Gasteiger partial charge in [-0.2, -0.15) is 43.5 Å². The summed E-state index contributed by atoms with van der Waals surface area (Å²) >= 11 is 0. The van der Waals surface area contributed by atoms with Crippen LogP contribution in [0.3, 0.4) is 0 Å². The van der Waals surface area contributed by atoms with E-state index in [0.29, 0.717) is 0 Å². The summed E-state index contributed by atoms with van der Waals surface area (Å²) in [6.07, 6.45) is -16.4. The van der Waals surface area contributed by atoms with E-state index in [9.17, 15) is 57.3 Å². The molecule has 0 aromatic rings. The number of aliphatic carboxylic acids is 1. The topological polar surface area (TPSA) is 83.5 Å². The van der Waals surface area contributed by atoms with Gasteiger partial charge in [-0.05, 0) is 0 Å². The van der Waals surface area contributed by atoms with Crippen LogP contribution in [0.25, 0.3) is 0 Å². The SMILES string of the molecule is O=C([O-])CC(F)(F)C(F)(F)OC(F)(F)C(F)(F)S(=O)(=O)F.[Na+]. The van der Waals surface area contributed by atoms with Crippen molar-refractivity contribution in [2.24, 2.45) is 0 Å². The van der Waals surface area contributed by atoms with Crippen molar-refractivity contribution in [1.82, 2.24) is 0 Å². The van der Waals surface area contributed by atoms with Gasteiger partial charge in [0.05, 0.1) is 6.42 Å². The third kappa shape index (κ3) is 4.87. The van der Waals surface area contributed by atoms with E-state index in [4.69, 9.17) is 0 Å². The van der Waals surface area contributed by atoms with Crippen LogP contribution < -0.4 is 34.7 Å². The minimum Gasteiger partial charge on any atom is -0.550 e. The Morgan fingerprint density at radius 1 is 0.955 bits per heavy atom. The molecule has 0 rings (SSSR count). The quantitative estimate of drug-likeness (QED) is 0.286. The summed E-state index contributed by atoms with van der Waals surface area (Å²) < 4.78 is 133. The number of carboxylic acid groups (broad SMARTS) is 1. The van der Waals surface area contributed by atoms with E-state index in [1.807, 2.05) is 0 Å². The number of hydrogen-bond acceptors (Lipinski definition) is 5. The van der Waals surface area contributed by atoms with Crippen molar-refractivity contribution < 1.29 is 91.6 Å². The van der Waals surface area contributed by atoms with Gasteiger partial charge in [0.15, 0.2) is 0 Å². The Labute approximate surface area is 137 Å². The third-order valence-corrected chi connectivity index (χ3v) is 2.54. The predicted octanol–water partition coefficient (Wildman–Crippen LogP) is -2.14. The molecule has 16 heteroatoms. The smallest absolute Gasteiger partial charge is 0.550 e. The maximum atomic E-state index is 12.6. The second kappa shape index (κ2) is 6.70. The zero-order valence-corrected chi connectivity index (χ0v) is 12.9. The Morgan fingerprint density at radius 3 is 1.59 bits per heavy atom. The van der Waals surface area contributed by atoms with Crippen molar-refractivity contribution in [1.29, 1.82) is 0 Å². The summed E-state index contributed by atoms with van der Waals surface area (Å²) in [6.45, 7) is 0. The summed E-state index contributed by atoms with van der Waals surface area (Å²) in [6, 6.07) is 0. The number of ether oxygens (including phenoxy) is 1. The Bertz CT molecular complexity index is 519. The largest absolute Gasteiger partial charge is 1.00 e. The third-order valence-electron chi connectivity index (χ3n) is 1.69. The van der Waals surface area contributed by atoms with Crippen molar-refractivity contribution in [2.75, 3.05) is 0 Å². The first-order valence-corrected chi connectivity index (χ1v) is 5.61. The molecule has 0 fully saturated rings. The molecule has 0 atom stereocenters. The Kier molecular flexibility index (Phi) is 7.31. The van der Waals surface area contributed by atoms with Crippen LogP contribution in [0.5, 0.6) is 0 Å². The average molecular weight is 380 g/mol. The van der Waals surface area contributed by atoms with Gasteiger partial charge < -0.3 is 9.90 Å². The minimum absolute atomic E-state index is 0. The Morgan fingerprint density at radius 2 is 1.32 bits per heavy atom. The zero-order chi connectivity index (χ0) is 17.5. The zero-order valence-electron chi connectivity index (χ0n) is 10.1. The molecular formula is C6H2F9NaO5S. The minimum atomic E-state index is -7.52. The van der Waals surface area contributed by atoms with Crippen LogP contribution in [0, 0.1) is 0 Å². The maximum absolute atomic E-state index is 12.6. The normalized spacial score (nSPS) is 14.4. The van der Waals surface area contributed by atoms with Crippen LogP contribution in [0.2, 0.25) is 0 Å². The fourth-order valence-electron chi connectivity index (χ4n) is 0.721. The van der Waals surface area contributed by atoms with Crippen molar-refractivity contribution in [3.63, 3.8) is 0 Å². The molecular weight excluding hydrogens is 378 g/mol. The van der Waals surface area contributed by atoms with Gasteiger partial charge in [-0.1, -0.05) is 3.89 Å². The van der Waals surface area contributed by atoms with Gasteiger partial charge in [-0.15, -0.1) is 0 Å². The number of carbonyl (C=O) groups is 1. The molecule has 0 amide bonds. The molecule has 0 bridgehead atoms. The van der Waals surface area contributed by atoms with Crippen LogP contribution in [0.4, 0.5) is 39.0 Å². The first-order valence-electron chi connectivity index (χ1n) is 4.23. The van der Waals surface area contributed by atoms with Crippen molar-refractivity contribution in [3.8, 4) is 0 Å². The molecule has 0 heterocycles. The molecule has 0 aliphatic rings. The molecule has 0 radical (unpaired) electrons. The summed E-state index contributed by atoms with van der Waals surface area (Å²) in [5.74, 6) is -8.87. The molecule has 0 aliphatic carbocycles. The van der Waals surface area contributed by atoms with E-state index in [1.54, 1.807) is 4.74 Å². The first-order chi connectivity index (χ1) is 8.87. The first kappa shape index (κ1) is 24.0. The standard InChI is InChI=1S/C6H3F9O5S.Na/c7-3(8,1-2(16)17)4(9,10)20-5(11,12)6(13,14)21(15,18)19;/h1H2,(H,16,17);/q;+1/p-1. The molecule has 126 valence electrons. The van der Waals surface area contributed by atoms with Crippen LogP contribution >= 0.6 is 0 Å². The van der Waals surface area contributed by atoms with Crippen molar-refractivity contribution in [2.45, 2.75) is 29.8 Å². The average Bonchev–Trinajstić information content (AvgIpc) is 2.10. The van der Waals surface area contributed by atoms with Crippen molar-refractivity contribution >= 4 is 16.2 Å². The summed E-state index contributed by atoms with van der Waals surface area (Å²) in [7, 11) is -7.52. The van der Waals surface area contributed by atoms with Crippen LogP contribution in [0.1, 0.15) is 6.42 Å². The van der Waals surface area contributed by atoms with Gasteiger partial charge in [-0.25, -0.2) is 4.74 Å². The number of halogens is 9. The van der Waals surface area contributed by atoms with Crippen LogP contribution in [-0.4, -0.2) is 37.8 Å². The van der Waals surface area contributed by atoms with Crippen LogP contribution in [0.15, 0.2) is 0 Å². The second-order valence-electron chi connectivity index (χ2n) is 3.34. The molecule has 0 aromatic carbocycles. The molecule has 0 spiro atoms. The summed E-state index contributed by atoms with van der Waals surface area (Å²) in [5.41, 5.74) is 0. The summed E-state index contributed by atoms with van der Waals surface area (Å²) in [4.78, 5) is 9.71. The van der Waals surface area contributed by atoms with Gasteiger partial charge in [0.1, 0.15) is 0 Å². The number of alkyl halides is 8. The monoisotopic (exact) mass is 380 g/mol. The number of carboxylic acids is 1. The second-order valence-corrected chi connectivity index (χ2v) is 4.73. The van der Waals surface area contributed by atoms with Gasteiger partial charge in [0.25, 0.3) is 0 Å². The molecule has 0 N–H and O–H groups in total. The van der Waals surface area contributed by atoms with E-state index in [1.165, 1.54) is 0 Å². The molecule has 0 saturated heterocycles. The number of carbonyl (C=O) groups excluding carboxylic acids is 1. The Hall–Kier alpha value is -0.250. The molecule has 5 nitrogen and oxygen atoms in total.